The first-order valence-electron chi connectivity index (χ1n) is 8.25. The van der Waals surface area contributed by atoms with Gasteiger partial charge in [0.25, 0.3) is 0 Å². The summed E-state index contributed by atoms with van der Waals surface area (Å²) in [6.45, 7) is 1.60. The number of aryl methyl sites for hydroxylation is 1. The minimum atomic E-state index is -3.10. The van der Waals surface area contributed by atoms with E-state index in [1.807, 2.05) is 31.9 Å². The van der Waals surface area contributed by atoms with Crippen LogP contribution >= 0.6 is 11.6 Å². The van der Waals surface area contributed by atoms with E-state index in [9.17, 15) is 13.2 Å². The van der Waals surface area contributed by atoms with Crippen molar-refractivity contribution in [2.75, 3.05) is 25.5 Å². The van der Waals surface area contributed by atoms with Crippen molar-refractivity contribution in [2.24, 2.45) is 4.99 Å². The number of hydrogen-bond donors (Lipinski definition) is 0. The van der Waals surface area contributed by atoms with Crippen LogP contribution in [0.25, 0.3) is 0 Å². The highest BCUT2D eigenvalue weighted by Crippen LogP contribution is 2.36. The second-order valence-corrected chi connectivity index (χ2v) is 6.37. The van der Waals surface area contributed by atoms with E-state index >= 15 is 0 Å². The van der Waals surface area contributed by atoms with Crippen LogP contribution in [0, 0.1) is 12.7 Å². The molecule has 0 saturated heterocycles. The molecule has 0 N–H and O–H groups in total. The number of hydrogen-bond acceptors (Lipinski definition) is 3. The van der Waals surface area contributed by atoms with Gasteiger partial charge in [0, 0.05) is 38.1 Å². The summed E-state index contributed by atoms with van der Waals surface area (Å²) in [4.78, 5) is 7.99. The van der Waals surface area contributed by atoms with Crippen LogP contribution in [0.1, 0.15) is 12.5 Å². The number of nitrogens with zero attached hydrogens (tertiary/aromatic N) is 3. The van der Waals surface area contributed by atoms with Gasteiger partial charge in [-0.1, -0.05) is 11.6 Å². The highest BCUT2D eigenvalue weighted by atomic mass is 35.5. The molecule has 0 heterocycles. The Morgan fingerprint density at radius 3 is 2.56 bits per heavy atom. The van der Waals surface area contributed by atoms with Gasteiger partial charge < -0.3 is 14.5 Å². The van der Waals surface area contributed by atoms with Crippen molar-refractivity contribution in [3.8, 4) is 5.75 Å². The topological polar surface area (TPSA) is 28.1 Å². The smallest absolute Gasteiger partial charge is 0.387 e. The largest absolute Gasteiger partial charge is 0.432 e. The fraction of sp³-hybridized carbons (Fsp3) is 0.316. The van der Waals surface area contributed by atoms with Crippen LogP contribution in [0.2, 0.25) is 5.02 Å². The molecule has 0 bridgehead atoms. The van der Waals surface area contributed by atoms with Gasteiger partial charge in [0.2, 0.25) is 0 Å². The molecule has 2 aromatic carbocycles. The van der Waals surface area contributed by atoms with Gasteiger partial charge in [-0.25, -0.2) is 9.38 Å². The molecular weight excluding hydrogens is 379 g/mol. The Labute approximate surface area is 161 Å². The fourth-order valence-corrected chi connectivity index (χ4v) is 2.59. The van der Waals surface area contributed by atoms with Gasteiger partial charge >= 0.3 is 6.61 Å². The van der Waals surface area contributed by atoms with Gasteiger partial charge in [0.1, 0.15) is 0 Å². The van der Waals surface area contributed by atoms with Crippen molar-refractivity contribution in [1.82, 2.24) is 4.90 Å². The van der Waals surface area contributed by atoms with Crippen LogP contribution in [-0.2, 0) is 0 Å². The first kappa shape index (κ1) is 20.9. The van der Waals surface area contributed by atoms with E-state index in [0.717, 1.165) is 23.9 Å². The zero-order valence-corrected chi connectivity index (χ0v) is 16.3. The van der Waals surface area contributed by atoms with Gasteiger partial charge in [-0.15, -0.1) is 0 Å². The van der Waals surface area contributed by atoms with Crippen LogP contribution in [0.15, 0.2) is 35.3 Å². The molecule has 2 rings (SSSR count). The van der Waals surface area contributed by atoms with E-state index in [1.165, 1.54) is 12.1 Å². The number of halogens is 4. The molecule has 0 aliphatic heterocycles. The second-order valence-electron chi connectivity index (χ2n) is 5.96. The van der Waals surface area contributed by atoms with Gasteiger partial charge in [0.15, 0.2) is 11.6 Å². The third kappa shape index (κ3) is 5.29. The van der Waals surface area contributed by atoms with Crippen molar-refractivity contribution >= 4 is 35.0 Å². The summed E-state index contributed by atoms with van der Waals surface area (Å²) in [6.07, 6.45) is 1.69. The standard InChI is InChI=1S/C19H21ClF3N3O/c1-5-25(3)11-24-16-8-12(2)17(10-14(16)20)26(4)13-6-7-15(21)18(9-13)27-19(22)23/h6-11,19H,5H2,1-4H3. The van der Waals surface area contributed by atoms with E-state index in [0.29, 0.717) is 16.4 Å². The monoisotopic (exact) mass is 399 g/mol. The molecule has 0 aliphatic carbocycles. The van der Waals surface area contributed by atoms with Crippen molar-refractivity contribution in [1.29, 1.82) is 0 Å². The zero-order chi connectivity index (χ0) is 20.1. The number of alkyl halides is 2. The predicted molar refractivity (Wildman–Crippen MR) is 104 cm³/mol. The maximum absolute atomic E-state index is 13.7. The highest BCUT2D eigenvalue weighted by Gasteiger charge is 2.15. The molecule has 0 saturated carbocycles. The van der Waals surface area contributed by atoms with E-state index in [1.54, 1.807) is 24.4 Å². The van der Waals surface area contributed by atoms with Crippen molar-refractivity contribution in [3.05, 3.63) is 46.7 Å². The minimum absolute atomic E-state index is 0.439. The fourth-order valence-electron chi connectivity index (χ4n) is 2.38. The van der Waals surface area contributed by atoms with Crippen LogP contribution in [0.3, 0.4) is 0 Å². The Bertz CT molecular complexity index is 830. The average Bonchev–Trinajstić information content (AvgIpc) is 2.62. The summed E-state index contributed by atoms with van der Waals surface area (Å²) >= 11 is 6.34. The number of aliphatic imine (C=N–C) groups is 1. The predicted octanol–water partition coefficient (Wildman–Crippen LogP) is 5.77. The lowest BCUT2D eigenvalue weighted by atomic mass is 10.1. The molecule has 0 amide bonds. The lowest BCUT2D eigenvalue weighted by Crippen LogP contribution is -2.14. The number of anilines is 2. The number of rotatable bonds is 7. The first-order valence-corrected chi connectivity index (χ1v) is 8.63. The van der Waals surface area contributed by atoms with Crippen molar-refractivity contribution in [3.63, 3.8) is 0 Å². The van der Waals surface area contributed by atoms with E-state index in [4.69, 9.17) is 11.6 Å². The molecular formula is C19H21ClF3N3O. The maximum atomic E-state index is 13.7. The molecule has 2 aromatic rings. The van der Waals surface area contributed by atoms with Crippen LogP contribution in [0.4, 0.5) is 30.2 Å². The minimum Gasteiger partial charge on any atom is -0.432 e. The van der Waals surface area contributed by atoms with Gasteiger partial charge in [-0.2, -0.15) is 8.78 Å². The summed E-state index contributed by atoms with van der Waals surface area (Å²) in [6, 6.07) is 7.33. The Morgan fingerprint density at radius 1 is 1.22 bits per heavy atom. The number of benzene rings is 2. The van der Waals surface area contributed by atoms with Gasteiger partial charge in [-0.05, 0) is 43.7 Å². The molecule has 4 nitrogen and oxygen atoms in total. The molecule has 0 aliphatic rings. The van der Waals surface area contributed by atoms with E-state index in [-0.39, 0.29) is 0 Å². The van der Waals surface area contributed by atoms with E-state index in [2.05, 4.69) is 9.73 Å². The molecule has 0 fully saturated rings. The Kier molecular flexibility index (Phi) is 6.96. The second kappa shape index (κ2) is 8.99. The third-order valence-electron chi connectivity index (χ3n) is 4.04. The molecule has 27 heavy (non-hydrogen) atoms. The quantitative estimate of drug-likeness (QED) is 0.437. The summed E-state index contributed by atoms with van der Waals surface area (Å²) in [7, 11) is 3.63. The Balaban J connectivity index is 2.35. The zero-order valence-electron chi connectivity index (χ0n) is 15.5. The Hall–Kier alpha value is -2.41. The molecule has 0 atom stereocenters. The van der Waals surface area contributed by atoms with Gasteiger partial charge in [-0.3, -0.25) is 0 Å². The normalized spacial score (nSPS) is 11.3. The SMILES string of the molecule is CCN(C)C=Nc1cc(C)c(N(C)c2ccc(F)c(OC(F)F)c2)cc1Cl. The first-order chi connectivity index (χ1) is 12.7. The molecule has 8 heteroatoms. The summed E-state index contributed by atoms with van der Waals surface area (Å²) in [5.74, 6) is -1.37. The van der Waals surface area contributed by atoms with Crippen molar-refractivity contribution in [2.45, 2.75) is 20.5 Å². The van der Waals surface area contributed by atoms with E-state index < -0.39 is 18.2 Å². The van der Waals surface area contributed by atoms with Crippen molar-refractivity contribution < 1.29 is 17.9 Å². The molecule has 146 valence electrons. The maximum Gasteiger partial charge on any atom is 0.387 e. The number of ether oxygens (including phenoxy) is 1. The van der Waals surface area contributed by atoms with Gasteiger partial charge in [0.05, 0.1) is 17.0 Å². The summed E-state index contributed by atoms with van der Waals surface area (Å²) in [5.41, 5.74) is 2.70. The lowest BCUT2D eigenvalue weighted by Gasteiger charge is -2.23. The summed E-state index contributed by atoms with van der Waals surface area (Å²) in [5, 5.41) is 0.439. The summed E-state index contributed by atoms with van der Waals surface area (Å²) < 4.78 is 42.8. The average molecular weight is 400 g/mol. The molecule has 0 radical (unpaired) electrons. The highest BCUT2D eigenvalue weighted by molar-refractivity contribution is 6.33. The molecule has 0 unspecified atom stereocenters. The van der Waals surface area contributed by atoms with Crippen LogP contribution < -0.4 is 9.64 Å². The Morgan fingerprint density at radius 2 is 1.93 bits per heavy atom. The lowest BCUT2D eigenvalue weighted by molar-refractivity contribution is -0.0521. The third-order valence-corrected chi connectivity index (χ3v) is 4.34. The van der Waals surface area contributed by atoms with Crippen LogP contribution in [-0.4, -0.2) is 38.5 Å². The van der Waals surface area contributed by atoms with Crippen LogP contribution in [0.5, 0.6) is 5.75 Å². The molecule has 0 aromatic heterocycles. The molecule has 0 spiro atoms.